The first kappa shape index (κ1) is 93.9. The van der Waals surface area contributed by atoms with Gasteiger partial charge in [-0.25, -0.2) is 4.98 Å². The molecular formula is C91H103I2N13O11Sn. The number of benzene rings is 5. The molecule has 118 heavy (non-hydrogen) atoms. The minimum absolute atomic E-state index is 0.0172. The third-order valence-electron chi connectivity index (χ3n) is 19.8. The molecule has 5 aromatic heterocycles. The summed E-state index contributed by atoms with van der Waals surface area (Å²) in [4.78, 5) is 55.9. The number of aromatic nitrogens is 6. The van der Waals surface area contributed by atoms with Gasteiger partial charge in [0, 0.05) is 149 Å². The van der Waals surface area contributed by atoms with Crippen LogP contribution in [-0.2, 0) is 19.3 Å². The number of pyridine rings is 4. The van der Waals surface area contributed by atoms with Crippen LogP contribution in [0.25, 0.3) is 33.4 Å². The normalized spacial score (nSPS) is 11.7. The Morgan fingerprint density at radius 1 is 0.475 bits per heavy atom. The number of unbranched alkanes of at least 4 members (excludes halogenated alkanes) is 3. The number of non-ortho nitro benzene ring substituents is 3. The Morgan fingerprint density at radius 3 is 1.30 bits per heavy atom. The zero-order valence-corrected chi connectivity index (χ0v) is 76.7. The SMILES string of the molecule is CC#Cc1cc([N+](=O)[O-])ccc1OC.CC#[C][Sn]([CH2]CCC)([CH2]CCC)[CH2]CCC.CNc1cc(C)nc(Nc2ccc(OC)c(C3=C(C)c4ccncc4C3)c2)n1.COc1ccc(N)cc1C1=C(C)c2ccncc2C1.COc1ccc([N+](=O)[O-])cc1C1=C(C)c2ccncc2C1.COc1ccc([N+](=O)[O-])cc1I.Nc1cnccc1I. The van der Waals surface area contributed by atoms with Crippen LogP contribution < -0.4 is 45.8 Å². The molecular weight excluding hydrogens is 1820 g/mol. The number of nitro benzene ring substituents is 3. The smallest absolute Gasteiger partial charge is 0.270 e. The number of nitrogens with one attached hydrogen (secondary N) is 2. The van der Waals surface area contributed by atoms with Gasteiger partial charge in [-0.3, -0.25) is 50.3 Å². The second-order valence-electron chi connectivity index (χ2n) is 27.5. The molecule has 6 N–H and O–H groups in total. The second kappa shape index (κ2) is 47.2. The fraction of sp³-hybridized carbons (Fsp3) is 0.297. The van der Waals surface area contributed by atoms with Crippen molar-refractivity contribution in [3.63, 3.8) is 0 Å². The van der Waals surface area contributed by atoms with Crippen molar-refractivity contribution in [1.29, 1.82) is 0 Å². The monoisotopic (exact) mass is 1930 g/mol. The number of hydrogen-bond acceptors (Lipinski definition) is 21. The molecule has 10 aromatic rings. The predicted octanol–water partition coefficient (Wildman–Crippen LogP) is 22.0. The Kier molecular flexibility index (Phi) is 37.6. The number of nitrogens with zero attached hydrogens (tertiary/aromatic N) is 9. The van der Waals surface area contributed by atoms with Gasteiger partial charge in [0.15, 0.2) is 0 Å². The zero-order chi connectivity index (χ0) is 86.0. The molecule has 3 aliphatic carbocycles. The minimum atomic E-state index is -2.02. The fourth-order valence-corrected chi connectivity index (χ4v) is 28.2. The van der Waals surface area contributed by atoms with Crippen LogP contribution >= 0.6 is 45.2 Å². The first-order valence-corrected chi connectivity index (χ1v) is 48.1. The molecule has 616 valence electrons. The number of rotatable bonds is 23. The van der Waals surface area contributed by atoms with Gasteiger partial charge in [-0.15, -0.1) is 5.92 Å². The molecule has 0 saturated carbocycles. The molecule has 0 fully saturated rings. The van der Waals surface area contributed by atoms with Crippen molar-refractivity contribution >= 4 is 143 Å². The summed E-state index contributed by atoms with van der Waals surface area (Å²) < 4.78 is 36.5. The molecule has 5 heterocycles. The Hall–Kier alpha value is -11.2. The summed E-state index contributed by atoms with van der Waals surface area (Å²) in [6, 6.07) is 35.2. The van der Waals surface area contributed by atoms with Crippen molar-refractivity contribution in [2.24, 2.45) is 0 Å². The summed E-state index contributed by atoms with van der Waals surface area (Å²) >= 11 is 2.13. The third-order valence-corrected chi connectivity index (χ3v) is 35.0. The number of nitro groups is 3. The first-order chi connectivity index (χ1) is 56.8. The van der Waals surface area contributed by atoms with Crippen LogP contribution in [0.3, 0.4) is 0 Å². The number of aryl methyl sites for hydroxylation is 1. The summed E-state index contributed by atoms with van der Waals surface area (Å²) in [6.07, 6.45) is 25.3. The average molecular weight is 1930 g/mol. The standard InChI is InChI=1S/C22H23N5O.C16H14N2O3.C16H16N2O.C10H9NO3.C7H6INO3.C5H5IN2.3C4H9.C3H3.Sn/c1-13-9-21(23-3)27-22(25-13)26-16-5-6-20(28-4)19(11-16)18-10-15-12-24-8-7-17(15)14(18)2;1-10-13-5-6-17-9-11(13)7-14(10)15-8-12(18(19)20)3-4-16(15)21-2;1-10-13-5-6-18-9-11(13)7-14(10)15-8-12(17)3-4-16(15)19-2;1-3-4-8-7-9(11(12)13)5-6-10(8)14-2;1-12-7-3-2-5(9(10)11)4-6(7)8;6-4-1-2-8-3-5(4)7;3*1-3-4-2;1-3-2;/h5-9,11-12H,10H2,1-4H3,(H2,23,25,26,27);3-6,8-9H,7H2,1-2H3;3-6,8-9H,7,17H2,1-2H3;5-7H,1-2H3;2-4H,1H3;1-3H,7H2;3*1,3-4H2,2H3;1H3;. The van der Waals surface area contributed by atoms with Crippen molar-refractivity contribution in [2.45, 2.75) is 133 Å². The topological polar surface area (TPSA) is 329 Å². The maximum atomic E-state index is 11.0. The Morgan fingerprint density at radius 2 is 0.890 bits per heavy atom. The van der Waals surface area contributed by atoms with E-state index in [1.165, 1.54) is 147 Å². The molecule has 0 amide bonds. The van der Waals surface area contributed by atoms with Gasteiger partial charge in [-0.1, -0.05) is 5.92 Å². The average Bonchev–Trinajstić information content (AvgIpc) is 1.64. The minimum Gasteiger partial charge on any atom is -0.496 e. The Labute approximate surface area is 723 Å². The molecule has 13 rings (SSSR count). The summed E-state index contributed by atoms with van der Waals surface area (Å²) in [5.74, 6) is 13.6. The molecule has 0 bridgehead atoms. The predicted molar refractivity (Wildman–Crippen MR) is 495 cm³/mol. The summed E-state index contributed by atoms with van der Waals surface area (Å²) in [5.41, 5.74) is 32.9. The Bertz CT molecular complexity index is 5360. The van der Waals surface area contributed by atoms with E-state index in [1.54, 1.807) is 65.0 Å². The number of halogens is 2. The molecule has 0 unspecified atom stereocenters. The van der Waals surface area contributed by atoms with Crippen LogP contribution in [0.2, 0.25) is 13.3 Å². The van der Waals surface area contributed by atoms with Crippen LogP contribution in [0.5, 0.6) is 28.7 Å². The van der Waals surface area contributed by atoms with E-state index in [4.69, 9.17) is 35.2 Å². The van der Waals surface area contributed by atoms with E-state index >= 15 is 0 Å². The molecule has 27 heteroatoms. The summed E-state index contributed by atoms with van der Waals surface area (Å²) in [6.45, 7) is 18.9. The molecule has 0 radical (unpaired) electrons. The molecule has 0 saturated heterocycles. The van der Waals surface area contributed by atoms with Crippen molar-refractivity contribution in [3.05, 3.63) is 270 Å². The van der Waals surface area contributed by atoms with E-state index in [0.717, 1.165) is 99.0 Å². The summed E-state index contributed by atoms with van der Waals surface area (Å²) in [7, 11) is 9.84. The second-order valence-corrected chi connectivity index (χ2v) is 42.1. The van der Waals surface area contributed by atoms with Gasteiger partial charge >= 0.3 is 108 Å². The molecule has 0 spiro atoms. The molecule has 0 atom stereocenters. The van der Waals surface area contributed by atoms with Crippen LogP contribution in [0.15, 0.2) is 171 Å². The van der Waals surface area contributed by atoms with Crippen molar-refractivity contribution in [1.82, 2.24) is 29.9 Å². The zero-order valence-electron chi connectivity index (χ0n) is 69.6. The maximum Gasteiger partial charge on any atom is 0.270 e. The van der Waals surface area contributed by atoms with E-state index in [2.05, 4.69) is 145 Å². The van der Waals surface area contributed by atoms with Gasteiger partial charge in [0.25, 0.3) is 17.1 Å². The number of nitrogen functional groups attached to an aromatic ring is 2. The largest absolute Gasteiger partial charge is 0.496 e. The quantitative estimate of drug-likeness (QED) is 0.0115. The summed E-state index contributed by atoms with van der Waals surface area (Å²) in [5, 5.41) is 38.2. The van der Waals surface area contributed by atoms with Gasteiger partial charge in [-0.2, -0.15) is 4.98 Å². The van der Waals surface area contributed by atoms with Gasteiger partial charge in [0.2, 0.25) is 5.95 Å². The number of ether oxygens (including phenoxy) is 5. The van der Waals surface area contributed by atoms with Crippen LogP contribution in [0.1, 0.15) is 155 Å². The molecule has 3 aliphatic rings. The number of fused-ring (bicyclic) bond motifs is 3. The Balaban J connectivity index is 0.000000195. The van der Waals surface area contributed by atoms with Gasteiger partial charge in [0.05, 0.1) is 71.3 Å². The molecule has 24 nitrogen and oxygen atoms in total. The number of hydrogen-bond donors (Lipinski definition) is 4. The van der Waals surface area contributed by atoms with Gasteiger partial charge in [-0.05, 0) is 225 Å². The van der Waals surface area contributed by atoms with E-state index in [0.29, 0.717) is 35.2 Å². The van der Waals surface area contributed by atoms with Gasteiger partial charge < -0.3 is 45.8 Å². The van der Waals surface area contributed by atoms with Crippen LogP contribution in [-0.4, -0.2) is 106 Å². The van der Waals surface area contributed by atoms with Crippen LogP contribution in [0, 0.1) is 66.1 Å². The van der Waals surface area contributed by atoms with E-state index in [9.17, 15) is 30.3 Å². The first-order valence-electron chi connectivity index (χ1n) is 38.5. The molecule has 0 aliphatic heterocycles. The van der Waals surface area contributed by atoms with E-state index in [-0.39, 0.29) is 22.0 Å². The maximum absolute atomic E-state index is 11.0. The van der Waals surface area contributed by atoms with Crippen molar-refractivity contribution in [3.8, 4) is 50.4 Å². The van der Waals surface area contributed by atoms with E-state index in [1.807, 2.05) is 123 Å². The number of methoxy groups -OCH3 is 5. The number of anilines is 5. The fourth-order valence-electron chi connectivity index (χ4n) is 13.6. The number of nitrogens with two attached hydrogens (primary N) is 2. The third kappa shape index (κ3) is 26.1. The van der Waals surface area contributed by atoms with Crippen molar-refractivity contribution < 1.29 is 38.5 Å². The van der Waals surface area contributed by atoms with E-state index < -0.39 is 28.2 Å². The van der Waals surface area contributed by atoms with Crippen molar-refractivity contribution in [2.75, 3.05) is 64.7 Å². The van der Waals surface area contributed by atoms with Gasteiger partial charge in [0.1, 0.15) is 34.6 Å². The van der Waals surface area contributed by atoms with Crippen LogP contribution in [0.4, 0.5) is 45.9 Å². The number of allylic oxidation sites excluding steroid dienone is 6. The molecule has 5 aromatic carbocycles.